The summed E-state index contributed by atoms with van der Waals surface area (Å²) < 4.78 is 5.38. The van der Waals surface area contributed by atoms with Crippen LogP contribution in [0.5, 0.6) is 5.75 Å². The fraction of sp³-hybridized carbons (Fsp3) is 0.364. The lowest BCUT2D eigenvalue weighted by Gasteiger charge is -2.33. The quantitative estimate of drug-likeness (QED) is 0.834. The molecule has 1 fully saturated rings. The van der Waals surface area contributed by atoms with Crippen LogP contribution >= 0.6 is 0 Å². The van der Waals surface area contributed by atoms with Crippen molar-refractivity contribution in [3.63, 3.8) is 0 Å². The maximum absolute atomic E-state index is 12.6. The standard InChI is InChI=1S/C22H27N3O3/c1-16(19-10-6-7-11-20(19)28-2)23-22(27)25-14-12-18(13-15-25)24-21(26)17-8-4-3-5-9-17/h3-11,16,18H,12-15H2,1-2H3,(H,23,27)(H,24,26)/t16-/m0/s1. The Hall–Kier alpha value is -3.02. The summed E-state index contributed by atoms with van der Waals surface area (Å²) in [6, 6.07) is 16.7. The molecule has 0 spiro atoms. The number of rotatable bonds is 5. The minimum atomic E-state index is -0.154. The zero-order valence-corrected chi connectivity index (χ0v) is 16.4. The van der Waals surface area contributed by atoms with Crippen LogP contribution in [0.3, 0.4) is 0 Å². The number of methoxy groups -OCH3 is 1. The first-order valence-electron chi connectivity index (χ1n) is 9.62. The zero-order chi connectivity index (χ0) is 19.9. The Morgan fingerprint density at radius 2 is 1.68 bits per heavy atom. The van der Waals surface area contributed by atoms with E-state index in [4.69, 9.17) is 4.74 Å². The summed E-state index contributed by atoms with van der Waals surface area (Å²) in [5.41, 5.74) is 1.61. The second kappa shape index (κ2) is 9.26. The maximum Gasteiger partial charge on any atom is 0.317 e. The first-order chi connectivity index (χ1) is 13.6. The predicted molar refractivity (Wildman–Crippen MR) is 108 cm³/mol. The van der Waals surface area contributed by atoms with E-state index in [0.29, 0.717) is 18.7 Å². The molecule has 0 saturated carbocycles. The van der Waals surface area contributed by atoms with E-state index in [1.54, 1.807) is 24.1 Å². The van der Waals surface area contributed by atoms with Gasteiger partial charge in [-0.3, -0.25) is 4.79 Å². The van der Waals surface area contributed by atoms with Crippen molar-refractivity contribution in [3.05, 3.63) is 65.7 Å². The van der Waals surface area contributed by atoms with Crippen molar-refractivity contribution < 1.29 is 14.3 Å². The first kappa shape index (κ1) is 19.7. The normalized spacial score (nSPS) is 15.6. The Bertz CT molecular complexity index is 802. The molecular formula is C22H27N3O3. The highest BCUT2D eigenvalue weighted by molar-refractivity contribution is 5.94. The van der Waals surface area contributed by atoms with E-state index < -0.39 is 0 Å². The number of piperidine rings is 1. The molecule has 148 valence electrons. The van der Waals surface area contributed by atoms with E-state index in [0.717, 1.165) is 24.2 Å². The van der Waals surface area contributed by atoms with Gasteiger partial charge in [-0.05, 0) is 38.0 Å². The summed E-state index contributed by atoms with van der Waals surface area (Å²) in [6.45, 7) is 3.18. The van der Waals surface area contributed by atoms with Gasteiger partial charge in [0, 0.05) is 30.3 Å². The van der Waals surface area contributed by atoms with Crippen molar-refractivity contribution in [3.8, 4) is 5.75 Å². The van der Waals surface area contributed by atoms with E-state index in [1.165, 1.54) is 0 Å². The Morgan fingerprint density at radius 3 is 2.36 bits per heavy atom. The summed E-state index contributed by atoms with van der Waals surface area (Å²) in [5, 5.41) is 6.10. The Labute approximate surface area is 165 Å². The molecule has 0 aliphatic carbocycles. The molecule has 2 N–H and O–H groups in total. The van der Waals surface area contributed by atoms with Gasteiger partial charge in [0.2, 0.25) is 0 Å². The monoisotopic (exact) mass is 381 g/mol. The van der Waals surface area contributed by atoms with Gasteiger partial charge in [0.15, 0.2) is 0 Å². The summed E-state index contributed by atoms with van der Waals surface area (Å²) in [7, 11) is 1.63. The molecule has 1 saturated heterocycles. The summed E-state index contributed by atoms with van der Waals surface area (Å²) in [6.07, 6.45) is 1.49. The van der Waals surface area contributed by atoms with E-state index in [9.17, 15) is 9.59 Å². The third-order valence-electron chi connectivity index (χ3n) is 5.10. The zero-order valence-electron chi connectivity index (χ0n) is 16.4. The summed E-state index contributed by atoms with van der Waals surface area (Å²) >= 11 is 0. The lowest BCUT2D eigenvalue weighted by Crippen LogP contribution is -2.49. The van der Waals surface area contributed by atoms with Crippen molar-refractivity contribution in [2.45, 2.75) is 31.8 Å². The minimum absolute atomic E-state index is 0.0618. The summed E-state index contributed by atoms with van der Waals surface area (Å²) in [4.78, 5) is 26.7. The van der Waals surface area contributed by atoms with Crippen LogP contribution < -0.4 is 15.4 Å². The highest BCUT2D eigenvalue weighted by atomic mass is 16.5. The van der Waals surface area contributed by atoms with Gasteiger partial charge in [-0.1, -0.05) is 36.4 Å². The number of carbonyl (C=O) groups excluding carboxylic acids is 2. The molecule has 1 heterocycles. The van der Waals surface area contributed by atoms with E-state index in [2.05, 4.69) is 10.6 Å². The van der Waals surface area contributed by atoms with Gasteiger partial charge in [0.1, 0.15) is 5.75 Å². The average Bonchev–Trinajstić information content (AvgIpc) is 2.74. The average molecular weight is 381 g/mol. The molecular weight excluding hydrogens is 354 g/mol. The van der Waals surface area contributed by atoms with Gasteiger partial charge < -0.3 is 20.3 Å². The van der Waals surface area contributed by atoms with Gasteiger partial charge in [0.25, 0.3) is 5.91 Å². The topological polar surface area (TPSA) is 70.7 Å². The number of ether oxygens (including phenoxy) is 1. The van der Waals surface area contributed by atoms with Gasteiger partial charge in [-0.25, -0.2) is 4.79 Å². The van der Waals surface area contributed by atoms with Crippen LogP contribution in [-0.2, 0) is 0 Å². The molecule has 0 bridgehead atoms. The number of nitrogens with one attached hydrogen (secondary N) is 2. The minimum Gasteiger partial charge on any atom is -0.496 e. The molecule has 1 aliphatic heterocycles. The van der Waals surface area contributed by atoms with Crippen LogP contribution in [0.15, 0.2) is 54.6 Å². The molecule has 0 aromatic heterocycles. The van der Waals surface area contributed by atoms with E-state index in [1.807, 2.05) is 49.4 Å². The summed E-state index contributed by atoms with van der Waals surface area (Å²) in [5.74, 6) is 0.700. The Kier molecular flexibility index (Phi) is 6.53. The van der Waals surface area contributed by atoms with Gasteiger partial charge in [-0.2, -0.15) is 0 Å². The highest BCUT2D eigenvalue weighted by Gasteiger charge is 2.25. The van der Waals surface area contributed by atoms with Gasteiger partial charge >= 0.3 is 6.03 Å². The maximum atomic E-state index is 12.6. The number of urea groups is 1. The first-order valence-corrected chi connectivity index (χ1v) is 9.62. The molecule has 2 aromatic rings. The highest BCUT2D eigenvalue weighted by Crippen LogP contribution is 2.24. The van der Waals surface area contributed by atoms with Crippen molar-refractivity contribution in [2.24, 2.45) is 0 Å². The largest absolute Gasteiger partial charge is 0.496 e. The van der Waals surface area contributed by atoms with Crippen LogP contribution in [0.4, 0.5) is 4.79 Å². The molecule has 0 radical (unpaired) electrons. The second-order valence-electron chi connectivity index (χ2n) is 7.01. The van der Waals surface area contributed by atoms with Gasteiger partial charge in [0.05, 0.1) is 13.2 Å². The lowest BCUT2D eigenvalue weighted by atomic mass is 10.0. The molecule has 3 amide bonds. The van der Waals surface area contributed by atoms with Crippen LogP contribution in [-0.4, -0.2) is 43.1 Å². The third kappa shape index (κ3) is 4.82. The number of nitrogens with zero attached hydrogens (tertiary/aromatic N) is 1. The molecule has 6 heteroatoms. The number of hydrogen-bond donors (Lipinski definition) is 2. The van der Waals surface area contributed by atoms with Crippen molar-refractivity contribution in [1.82, 2.24) is 15.5 Å². The van der Waals surface area contributed by atoms with Crippen LogP contribution in [0.1, 0.15) is 41.7 Å². The number of carbonyl (C=O) groups is 2. The number of benzene rings is 2. The van der Waals surface area contributed by atoms with Gasteiger partial charge in [-0.15, -0.1) is 0 Å². The van der Waals surface area contributed by atoms with Crippen molar-refractivity contribution in [2.75, 3.05) is 20.2 Å². The molecule has 1 aliphatic rings. The van der Waals surface area contributed by atoms with Crippen LogP contribution in [0.2, 0.25) is 0 Å². The van der Waals surface area contributed by atoms with E-state index >= 15 is 0 Å². The lowest BCUT2D eigenvalue weighted by molar-refractivity contribution is 0.0917. The smallest absolute Gasteiger partial charge is 0.317 e. The number of hydrogen-bond acceptors (Lipinski definition) is 3. The number of para-hydroxylation sites is 1. The van der Waals surface area contributed by atoms with E-state index in [-0.39, 0.29) is 24.0 Å². The Balaban J connectivity index is 1.49. The molecule has 1 atom stereocenters. The van der Waals surface area contributed by atoms with Crippen LogP contribution in [0.25, 0.3) is 0 Å². The van der Waals surface area contributed by atoms with Crippen molar-refractivity contribution >= 4 is 11.9 Å². The molecule has 2 aromatic carbocycles. The molecule has 6 nitrogen and oxygen atoms in total. The molecule has 0 unspecified atom stereocenters. The van der Waals surface area contributed by atoms with Crippen LogP contribution in [0, 0.1) is 0 Å². The SMILES string of the molecule is COc1ccccc1[C@H](C)NC(=O)N1CCC(NC(=O)c2ccccc2)CC1. The molecule has 28 heavy (non-hydrogen) atoms. The second-order valence-corrected chi connectivity index (χ2v) is 7.01. The number of likely N-dealkylation sites (tertiary alicyclic amines) is 1. The molecule has 3 rings (SSSR count). The number of amides is 3. The van der Waals surface area contributed by atoms with Crippen molar-refractivity contribution in [1.29, 1.82) is 0 Å². The fourth-order valence-corrected chi connectivity index (χ4v) is 3.46. The Morgan fingerprint density at radius 1 is 1.04 bits per heavy atom. The third-order valence-corrected chi connectivity index (χ3v) is 5.10. The predicted octanol–water partition coefficient (Wildman–Crippen LogP) is 3.36. The fourth-order valence-electron chi connectivity index (χ4n) is 3.46.